The fraction of sp³-hybridized carbons (Fsp3) is 0. The Labute approximate surface area is 135 Å². The summed E-state index contributed by atoms with van der Waals surface area (Å²) in [7, 11) is 0. The van der Waals surface area contributed by atoms with E-state index >= 15 is 0 Å². The molecule has 0 fully saturated rings. The number of hydrazone groups is 1. The summed E-state index contributed by atoms with van der Waals surface area (Å²) in [6.45, 7) is 0. The Hall–Kier alpha value is -3.27. The highest BCUT2D eigenvalue weighted by atomic mass is 15.4. The minimum Gasteiger partial charge on any atom is -0.268 e. The Bertz CT molecular complexity index is 810. The molecule has 0 aromatic heterocycles. The van der Waals surface area contributed by atoms with Gasteiger partial charge in [-0.1, -0.05) is 54.6 Å². The third-order valence-electron chi connectivity index (χ3n) is 3.31. The fourth-order valence-electron chi connectivity index (χ4n) is 2.14. The lowest BCUT2D eigenvalue weighted by molar-refractivity contribution is -0.452. The second-order valence-electron chi connectivity index (χ2n) is 4.93. The van der Waals surface area contributed by atoms with E-state index in [-0.39, 0.29) is 0 Å². The lowest BCUT2D eigenvalue weighted by atomic mass is 10.2. The Balaban J connectivity index is 2.06. The molecule has 0 saturated heterocycles. The Morgan fingerprint density at radius 2 is 1.22 bits per heavy atom. The van der Waals surface area contributed by atoms with Crippen LogP contribution in [0.25, 0.3) is 0 Å². The molecule has 0 amide bonds. The average Bonchev–Trinajstić information content (AvgIpc) is 2.64. The highest BCUT2D eigenvalue weighted by Gasteiger charge is 2.17. The van der Waals surface area contributed by atoms with E-state index in [0.29, 0.717) is 5.84 Å². The largest absolute Gasteiger partial charge is 0.381 e. The first-order chi connectivity index (χ1) is 11.3. The molecule has 0 unspecified atom stereocenters. The molecular weight excluding hydrogens is 284 g/mol. The van der Waals surface area contributed by atoms with Gasteiger partial charge in [-0.25, -0.2) is 0 Å². The molecule has 4 heteroatoms. The van der Waals surface area contributed by atoms with Crippen LogP contribution in [0, 0.1) is 0 Å². The molecule has 0 bridgehead atoms. The zero-order chi connectivity index (χ0) is 15.9. The van der Waals surface area contributed by atoms with Crippen LogP contribution in [0.5, 0.6) is 0 Å². The van der Waals surface area contributed by atoms with Gasteiger partial charge in [-0.15, -0.1) is 4.68 Å². The predicted molar refractivity (Wildman–Crippen MR) is 92.1 cm³/mol. The summed E-state index contributed by atoms with van der Waals surface area (Å²) < 4.78 is 1.54. The summed E-state index contributed by atoms with van der Waals surface area (Å²) in [5.41, 5.74) is 2.53. The molecule has 0 atom stereocenters. The van der Waals surface area contributed by atoms with Crippen molar-refractivity contribution in [1.29, 1.82) is 0 Å². The first-order valence-electron chi connectivity index (χ1n) is 7.33. The fourth-order valence-corrected chi connectivity index (χ4v) is 2.14. The van der Waals surface area contributed by atoms with E-state index in [9.17, 15) is 0 Å². The second kappa shape index (κ2) is 7.13. The van der Waals surface area contributed by atoms with Gasteiger partial charge in [0.2, 0.25) is 0 Å². The minimum atomic E-state index is 0.584. The lowest BCUT2D eigenvalue weighted by Gasteiger charge is -2.01. The number of hydrazine groups is 1. The van der Waals surface area contributed by atoms with Crippen molar-refractivity contribution in [3.8, 4) is 0 Å². The SMILES string of the molecule is N[N+](=C(N=Nc1ccccc1)c1ccccc1)c1ccccc1. The van der Waals surface area contributed by atoms with Gasteiger partial charge in [0.25, 0.3) is 0 Å². The van der Waals surface area contributed by atoms with Crippen LogP contribution in [0.3, 0.4) is 0 Å². The molecule has 112 valence electrons. The molecule has 0 aliphatic rings. The molecule has 0 spiro atoms. The summed E-state index contributed by atoms with van der Waals surface area (Å²) in [4.78, 5) is 0. The van der Waals surface area contributed by atoms with Crippen molar-refractivity contribution >= 4 is 17.2 Å². The zero-order valence-corrected chi connectivity index (χ0v) is 12.6. The van der Waals surface area contributed by atoms with Crippen LogP contribution in [-0.2, 0) is 0 Å². The number of para-hydroxylation sites is 1. The number of nitrogens with two attached hydrogens (primary N) is 1. The van der Waals surface area contributed by atoms with Crippen molar-refractivity contribution in [2.24, 2.45) is 16.1 Å². The van der Waals surface area contributed by atoms with Crippen molar-refractivity contribution in [3.05, 3.63) is 96.6 Å². The summed E-state index contributed by atoms with van der Waals surface area (Å²) in [6, 6.07) is 29.1. The van der Waals surface area contributed by atoms with Crippen LogP contribution in [0.2, 0.25) is 0 Å². The van der Waals surface area contributed by atoms with E-state index in [2.05, 4.69) is 10.2 Å². The van der Waals surface area contributed by atoms with Crippen molar-refractivity contribution in [3.63, 3.8) is 0 Å². The first kappa shape index (κ1) is 14.7. The molecule has 2 N–H and O–H groups in total. The lowest BCUT2D eigenvalue weighted by Crippen LogP contribution is -2.22. The van der Waals surface area contributed by atoms with Crippen LogP contribution >= 0.6 is 0 Å². The van der Waals surface area contributed by atoms with Crippen LogP contribution in [0.1, 0.15) is 5.56 Å². The van der Waals surface area contributed by atoms with Gasteiger partial charge in [0.15, 0.2) is 5.69 Å². The van der Waals surface area contributed by atoms with Crippen LogP contribution < -0.4 is 5.84 Å². The van der Waals surface area contributed by atoms with Gasteiger partial charge in [-0.05, 0) is 41.5 Å². The summed E-state index contributed by atoms with van der Waals surface area (Å²) >= 11 is 0. The molecule has 0 aliphatic carbocycles. The predicted octanol–water partition coefficient (Wildman–Crippen LogP) is 4.44. The highest BCUT2D eigenvalue weighted by molar-refractivity contribution is 5.96. The minimum absolute atomic E-state index is 0.584. The quantitative estimate of drug-likeness (QED) is 0.191. The monoisotopic (exact) mass is 301 g/mol. The normalized spacial score (nSPS) is 12.2. The van der Waals surface area contributed by atoms with Gasteiger partial charge in [0.05, 0.1) is 10.7 Å². The van der Waals surface area contributed by atoms with Gasteiger partial charge < -0.3 is 0 Å². The Kier molecular flexibility index (Phi) is 4.55. The topological polar surface area (TPSA) is 53.8 Å². The second-order valence-corrected chi connectivity index (χ2v) is 4.93. The third kappa shape index (κ3) is 3.68. The number of nitrogens with zero attached hydrogens (tertiary/aromatic N) is 3. The van der Waals surface area contributed by atoms with E-state index in [1.54, 1.807) is 4.68 Å². The summed E-state index contributed by atoms with van der Waals surface area (Å²) in [5.74, 6) is 6.86. The molecule has 4 nitrogen and oxygen atoms in total. The summed E-state index contributed by atoms with van der Waals surface area (Å²) in [5, 5.41) is 8.68. The average molecular weight is 301 g/mol. The maximum Gasteiger partial charge on any atom is 0.381 e. The van der Waals surface area contributed by atoms with E-state index in [0.717, 1.165) is 16.9 Å². The van der Waals surface area contributed by atoms with E-state index in [1.165, 1.54) is 0 Å². The van der Waals surface area contributed by atoms with Crippen molar-refractivity contribution in [2.45, 2.75) is 0 Å². The van der Waals surface area contributed by atoms with Gasteiger partial charge in [0.1, 0.15) is 5.69 Å². The van der Waals surface area contributed by atoms with Crippen LogP contribution in [-0.4, -0.2) is 10.5 Å². The molecule has 3 aromatic rings. The van der Waals surface area contributed by atoms with Crippen LogP contribution in [0.4, 0.5) is 11.4 Å². The maximum atomic E-state index is 6.28. The van der Waals surface area contributed by atoms with E-state index < -0.39 is 0 Å². The molecule has 0 heterocycles. The highest BCUT2D eigenvalue weighted by Crippen LogP contribution is 2.15. The number of benzene rings is 3. The van der Waals surface area contributed by atoms with Gasteiger partial charge >= 0.3 is 5.84 Å². The number of rotatable bonds is 3. The number of hydrogen-bond donors (Lipinski definition) is 1. The maximum absolute atomic E-state index is 6.28. The third-order valence-corrected chi connectivity index (χ3v) is 3.31. The van der Waals surface area contributed by atoms with Gasteiger partial charge in [-0.2, -0.15) is 0 Å². The van der Waals surface area contributed by atoms with Gasteiger partial charge in [0, 0.05) is 0 Å². The molecule has 3 rings (SSSR count). The Morgan fingerprint density at radius 3 is 1.83 bits per heavy atom. The first-order valence-corrected chi connectivity index (χ1v) is 7.33. The standard InChI is InChI=1S/C19H17N4/c20-23(18-14-8-3-9-15-18)19(16-10-4-1-5-11-16)22-21-17-12-6-2-7-13-17/h1-15H,20H2/q+1. The molecular formula is C19H17N4+. The number of azo groups is 1. The summed E-state index contributed by atoms with van der Waals surface area (Å²) in [6.07, 6.45) is 0. The zero-order valence-electron chi connectivity index (χ0n) is 12.6. The molecule has 0 saturated carbocycles. The van der Waals surface area contributed by atoms with E-state index in [4.69, 9.17) is 5.84 Å². The van der Waals surface area contributed by atoms with Crippen molar-refractivity contribution in [1.82, 2.24) is 0 Å². The molecule has 0 aliphatic heterocycles. The van der Waals surface area contributed by atoms with Crippen molar-refractivity contribution < 1.29 is 4.68 Å². The number of hydrogen-bond acceptors (Lipinski definition) is 2. The van der Waals surface area contributed by atoms with Gasteiger partial charge in [-0.3, -0.25) is 5.84 Å². The molecule has 0 radical (unpaired) electrons. The smallest absolute Gasteiger partial charge is 0.268 e. The molecule has 23 heavy (non-hydrogen) atoms. The molecule has 3 aromatic carbocycles. The van der Waals surface area contributed by atoms with Crippen LogP contribution in [0.15, 0.2) is 101 Å². The Morgan fingerprint density at radius 1 is 0.696 bits per heavy atom. The number of amidine groups is 1. The van der Waals surface area contributed by atoms with Crippen molar-refractivity contribution in [2.75, 3.05) is 0 Å². The van der Waals surface area contributed by atoms with E-state index in [1.807, 2.05) is 91.0 Å².